The van der Waals surface area contributed by atoms with Crippen molar-refractivity contribution in [1.82, 2.24) is 0 Å². The summed E-state index contributed by atoms with van der Waals surface area (Å²) in [6, 6.07) is 0. The molecule has 0 amide bonds. The monoisotopic (exact) mass is 558 g/mol. The number of rotatable bonds is 10. The van der Waals surface area contributed by atoms with Gasteiger partial charge in [0, 0.05) is 13.5 Å². The topological polar surface area (TPSA) is 60.7 Å². The lowest BCUT2D eigenvalue weighted by Gasteiger charge is -2.42. The Bertz CT molecular complexity index is 771. The van der Waals surface area contributed by atoms with Crippen molar-refractivity contribution in [3.8, 4) is 0 Å². The molecular formula is C33H57F3O3. The molecule has 3 aliphatic rings. The van der Waals surface area contributed by atoms with Gasteiger partial charge in [-0.1, -0.05) is 75.5 Å². The summed E-state index contributed by atoms with van der Waals surface area (Å²) in [6.07, 6.45) is 15.3. The normalized spacial score (nSPS) is 30.2. The van der Waals surface area contributed by atoms with Gasteiger partial charge in [-0.05, 0) is 101 Å². The minimum atomic E-state index is -4.54. The zero-order chi connectivity index (χ0) is 29.5. The van der Waals surface area contributed by atoms with Crippen LogP contribution in [0, 0.1) is 17.3 Å². The fourth-order valence-electron chi connectivity index (χ4n) is 7.13. The van der Waals surface area contributed by atoms with Gasteiger partial charge < -0.3 is 15.3 Å². The zero-order valence-corrected chi connectivity index (χ0v) is 25.3. The average molecular weight is 559 g/mol. The van der Waals surface area contributed by atoms with Gasteiger partial charge >= 0.3 is 6.18 Å². The van der Waals surface area contributed by atoms with E-state index in [-0.39, 0.29) is 12.5 Å². The quantitative estimate of drug-likeness (QED) is 0.185. The van der Waals surface area contributed by atoms with Crippen LogP contribution in [0.3, 0.4) is 0 Å². The lowest BCUT2D eigenvalue weighted by atomic mass is 9.62. The molecule has 0 aliphatic heterocycles. The van der Waals surface area contributed by atoms with Gasteiger partial charge in [-0.2, -0.15) is 13.2 Å². The van der Waals surface area contributed by atoms with Gasteiger partial charge in [0.15, 0.2) is 6.10 Å². The van der Waals surface area contributed by atoms with Crippen molar-refractivity contribution < 1.29 is 28.5 Å². The van der Waals surface area contributed by atoms with Crippen molar-refractivity contribution in [3.05, 3.63) is 34.9 Å². The summed E-state index contributed by atoms with van der Waals surface area (Å²) in [5.74, 6) is 1.41. The summed E-state index contributed by atoms with van der Waals surface area (Å²) in [5, 5.41) is 26.4. The molecule has 0 radical (unpaired) electrons. The highest BCUT2D eigenvalue weighted by Crippen LogP contribution is 2.58. The number of aliphatic hydroxyl groups excluding tert-OH is 3. The number of unbranched alkanes of at least 4 members (excludes halogenated alkanes) is 2. The van der Waals surface area contributed by atoms with Gasteiger partial charge in [0.05, 0.1) is 6.10 Å². The molecule has 0 aromatic rings. The van der Waals surface area contributed by atoms with Crippen LogP contribution in [-0.4, -0.2) is 40.8 Å². The van der Waals surface area contributed by atoms with E-state index in [1.807, 2.05) is 26.8 Å². The smallest absolute Gasteiger partial charge is 0.400 e. The summed E-state index contributed by atoms with van der Waals surface area (Å²) in [6.45, 7) is 8.43. The molecule has 3 aliphatic carbocycles. The molecule has 3 N–H and O–H groups in total. The Kier molecular flexibility index (Phi) is 16.9. The Morgan fingerprint density at radius 2 is 1.74 bits per heavy atom. The number of hydrogen-bond donors (Lipinski definition) is 3. The summed E-state index contributed by atoms with van der Waals surface area (Å²) < 4.78 is 38.2. The van der Waals surface area contributed by atoms with Gasteiger partial charge in [-0.15, -0.1) is 0 Å². The Morgan fingerprint density at radius 3 is 2.38 bits per heavy atom. The third kappa shape index (κ3) is 11.4. The van der Waals surface area contributed by atoms with Gasteiger partial charge in [0.2, 0.25) is 0 Å². The molecule has 5 atom stereocenters. The van der Waals surface area contributed by atoms with Crippen LogP contribution in [0.1, 0.15) is 130 Å². The van der Waals surface area contributed by atoms with E-state index in [1.165, 1.54) is 44.1 Å². The maximum absolute atomic E-state index is 12.7. The molecular weight excluding hydrogens is 501 g/mol. The first-order valence-corrected chi connectivity index (χ1v) is 15.6. The fraction of sp³-hybridized carbons (Fsp3) is 0.818. The average Bonchev–Trinajstić information content (AvgIpc) is 3.25. The number of halogens is 3. The molecule has 3 rings (SSSR count). The number of aliphatic hydroxyl groups is 3. The maximum Gasteiger partial charge on any atom is 0.414 e. The van der Waals surface area contributed by atoms with Gasteiger partial charge in [0.25, 0.3) is 0 Å². The highest BCUT2D eigenvalue weighted by atomic mass is 19.4. The number of alkyl halides is 3. The van der Waals surface area contributed by atoms with Crippen LogP contribution < -0.4 is 0 Å². The minimum Gasteiger partial charge on any atom is -0.400 e. The molecule has 39 heavy (non-hydrogen) atoms. The van der Waals surface area contributed by atoms with Crippen molar-refractivity contribution >= 4 is 0 Å². The van der Waals surface area contributed by atoms with E-state index >= 15 is 0 Å². The fourth-order valence-corrected chi connectivity index (χ4v) is 7.13. The second kappa shape index (κ2) is 18.3. The molecule has 3 saturated carbocycles. The SMILES string of the molecule is CC.CC/C=C(\CCCCCC1CCC2/C(=C/C=C3/CCC[C@H](O)C3)CCCC12C)CC(O)C(F)(F)F.CO. The van der Waals surface area contributed by atoms with Crippen molar-refractivity contribution in [2.45, 2.75) is 149 Å². The van der Waals surface area contributed by atoms with Crippen LogP contribution in [-0.2, 0) is 0 Å². The Labute approximate surface area is 236 Å². The molecule has 6 heteroatoms. The molecule has 3 fully saturated rings. The van der Waals surface area contributed by atoms with Gasteiger partial charge in [-0.25, -0.2) is 0 Å². The first kappa shape index (κ1) is 35.9. The Hall–Kier alpha value is -1.11. The highest BCUT2D eigenvalue weighted by Gasteiger charge is 2.48. The third-order valence-corrected chi connectivity index (χ3v) is 9.10. The van der Waals surface area contributed by atoms with Crippen molar-refractivity contribution in [1.29, 1.82) is 0 Å². The molecule has 4 unspecified atom stereocenters. The maximum atomic E-state index is 12.7. The largest absolute Gasteiger partial charge is 0.414 e. The number of allylic oxidation sites excluding steroid dienone is 4. The zero-order valence-electron chi connectivity index (χ0n) is 25.3. The first-order chi connectivity index (χ1) is 18.6. The van der Waals surface area contributed by atoms with Crippen molar-refractivity contribution in [3.63, 3.8) is 0 Å². The molecule has 0 aromatic heterocycles. The van der Waals surface area contributed by atoms with Crippen LogP contribution in [0.15, 0.2) is 34.9 Å². The summed E-state index contributed by atoms with van der Waals surface area (Å²) in [7, 11) is 1.00. The lowest BCUT2D eigenvalue weighted by molar-refractivity contribution is -0.203. The number of hydrogen-bond acceptors (Lipinski definition) is 3. The second-order valence-corrected chi connectivity index (χ2v) is 11.6. The lowest BCUT2D eigenvalue weighted by Crippen LogP contribution is -2.33. The van der Waals surface area contributed by atoms with E-state index in [4.69, 9.17) is 5.11 Å². The third-order valence-electron chi connectivity index (χ3n) is 9.10. The first-order valence-electron chi connectivity index (χ1n) is 15.6. The van der Waals surface area contributed by atoms with E-state index in [2.05, 4.69) is 19.1 Å². The summed E-state index contributed by atoms with van der Waals surface area (Å²) >= 11 is 0. The Balaban J connectivity index is 0.00000181. The van der Waals surface area contributed by atoms with E-state index < -0.39 is 12.3 Å². The predicted octanol–water partition coefficient (Wildman–Crippen LogP) is 9.23. The van der Waals surface area contributed by atoms with Crippen LogP contribution in [0.25, 0.3) is 0 Å². The Morgan fingerprint density at radius 1 is 1.03 bits per heavy atom. The minimum absolute atomic E-state index is 0.163. The van der Waals surface area contributed by atoms with Crippen LogP contribution in [0.2, 0.25) is 0 Å². The van der Waals surface area contributed by atoms with Gasteiger partial charge in [-0.3, -0.25) is 0 Å². The van der Waals surface area contributed by atoms with Crippen molar-refractivity contribution in [2.75, 3.05) is 7.11 Å². The number of fused-ring (bicyclic) bond motifs is 1. The van der Waals surface area contributed by atoms with Crippen LogP contribution in [0.5, 0.6) is 0 Å². The predicted molar refractivity (Wildman–Crippen MR) is 156 cm³/mol. The molecule has 0 saturated heterocycles. The molecule has 0 heterocycles. The van der Waals surface area contributed by atoms with E-state index in [1.54, 1.807) is 5.57 Å². The van der Waals surface area contributed by atoms with E-state index in [9.17, 15) is 23.4 Å². The van der Waals surface area contributed by atoms with Crippen molar-refractivity contribution in [2.24, 2.45) is 17.3 Å². The molecule has 0 aromatic carbocycles. The van der Waals surface area contributed by atoms with Crippen LogP contribution in [0.4, 0.5) is 13.2 Å². The molecule has 3 nitrogen and oxygen atoms in total. The van der Waals surface area contributed by atoms with Crippen LogP contribution >= 0.6 is 0 Å². The molecule has 0 bridgehead atoms. The standard InChI is InChI=1S/C30H47F3O2.C2H6.CH4O/c1-3-9-22(21-28(35)30(31,32)33)10-5-4-6-13-25-17-18-27-24(12-8-19-29(25,27)2)16-15-23-11-7-14-26(34)20-23;2*1-2/h9,15-16,25-28,34-35H,3-8,10-14,17-21H2,1-2H3;1-2H3;2H,1H3/b22-9+,23-15-,24-16+;;/t25?,26-,27?,28?,29?;;/m0../s1. The summed E-state index contributed by atoms with van der Waals surface area (Å²) in [4.78, 5) is 0. The van der Waals surface area contributed by atoms with E-state index in [0.29, 0.717) is 24.2 Å². The summed E-state index contributed by atoms with van der Waals surface area (Å²) in [5.41, 5.74) is 4.13. The highest BCUT2D eigenvalue weighted by molar-refractivity contribution is 5.25. The molecule has 0 spiro atoms. The molecule has 228 valence electrons. The van der Waals surface area contributed by atoms with Gasteiger partial charge in [0.1, 0.15) is 0 Å². The van der Waals surface area contributed by atoms with E-state index in [0.717, 1.165) is 63.5 Å². The second-order valence-electron chi connectivity index (χ2n) is 11.6.